The van der Waals surface area contributed by atoms with Crippen molar-refractivity contribution >= 4 is 5.91 Å². The highest BCUT2D eigenvalue weighted by atomic mass is 16.3. The highest BCUT2D eigenvalue weighted by Crippen LogP contribution is 2.24. The first-order valence-corrected chi connectivity index (χ1v) is 8.54. The zero-order valence-electron chi connectivity index (χ0n) is 14.3. The molecule has 0 bridgehead atoms. The number of aromatic nitrogens is 1. The highest BCUT2D eigenvalue weighted by Gasteiger charge is 2.27. The number of rotatable bonds is 3. The quantitative estimate of drug-likeness (QED) is 0.942. The maximum Gasteiger partial charge on any atom is 0.255 e. The van der Waals surface area contributed by atoms with Gasteiger partial charge in [-0.3, -0.25) is 9.78 Å². The van der Waals surface area contributed by atoms with Crippen LogP contribution in [-0.4, -0.2) is 40.1 Å². The summed E-state index contributed by atoms with van der Waals surface area (Å²) in [5.74, 6) is 0.165. The summed E-state index contributed by atoms with van der Waals surface area (Å²) in [6.45, 7) is 5.22. The molecule has 4 nitrogen and oxygen atoms in total. The smallest absolute Gasteiger partial charge is 0.255 e. The molecule has 1 aliphatic rings. The molecule has 2 heterocycles. The van der Waals surface area contributed by atoms with Crippen molar-refractivity contribution in [2.75, 3.05) is 13.1 Å². The number of aliphatic hydroxyl groups excluding tert-OH is 1. The van der Waals surface area contributed by atoms with Gasteiger partial charge in [0.25, 0.3) is 5.91 Å². The lowest BCUT2D eigenvalue weighted by Gasteiger charge is -2.34. The number of pyridine rings is 1. The molecule has 0 spiro atoms. The molecule has 0 saturated carbocycles. The third-order valence-corrected chi connectivity index (χ3v) is 4.80. The molecular weight excluding hydrogens is 300 g/mol. The van der Waals surface area contributed by atoms with E-state index in [1.54, 1.807) is 19.3 Å². The van der Waals surface area contributed by atoms with Gasteiger partial charge in [0, 0.05) is 37.0 Å². The molecule has 2 unspecified atom stereocenters. The van der Waals surface area contributed by atoms with Gasteiger partial charge in [-0.2, -0.15) is 0 Å². The van der Waals surface area contributed by atoms with Gasteiger partial charge >= 0.3 is 0 Å². The number of aryl methyl sites for hydroxylation is 1. The average Bonchev–Trinajstić information content (AvgIpc) is 2.62. The van der Waals surface area contributed by atoms with E-state index in [0.29, 0.717) is 12.1 Å². The Morgan fingerprint density at radius 2 is 2.00 bits per heavy atom. The number of nitrogens with zero attached hydrogens (tertiary/aromatic N) is 2. The van der Waals surface area contributed by atoms with E-state index in [1.165, 1.54) is 5.56 Å². The predicted molar refractivity (Wildman–Crippen MR) is 94.7 cm³/mol. The lowest BCUT2D eigenvalue weighted by molar-refractivity contribution is 0.0466. The van der Waals surface area contributed by atoms with Crippen LogP contribution < -0.4 is 0 Å². The van der Waals surface area contributed by atoms with Crippen molar-refractivity contribution < 1.29 is 9.90 Å². The molecule has 0 radical (unpaired) electrons. The van der Waals surface area contributed by atoms with E-state index in [-0.39, 0.29) is 17.9 Å². The molecule has 4 heteroatoms. The van der Waals surface area contributed by atoms with Crippen LogP contribution in [0.1, 0.15) is 35.7 Å². The van der Waals surface area contributed by atoms with Crippen molar-refractivity contribution in [2.45, 2.75) is 32.8 Å². The maximum absolute atomic E-state index is 12.8. The largest absolute Gasteiger partial charge is 0.393 e. The Kier molecular flexibility index (Phi) is 4.95. The molecule has 1 saturated heterocycles. The topological polar surface area (TPSA) is 53.4 Å². The number of benzene rings is 1. The third kappa shape index (κ3) is 3.65. The zero-order valence-corrected chi connectivity index (χ0v) is 14.3. The van der Waals surface area contributed by atoms with E-state index in [1.807, 2.05) is 23.1 Å². The Morgan fingerprint density at radius 1 is 1.25 bits per heavy atom. The minimum atomic E-state index is -0.377. The Bertz CT molecular complexity index is 710. The Balaban J connectivity index is 1.80. The number of piperidine rings is 1. The molecule has 1 fully saturated rings. The number of likely N-dealkylation sites (tertiary alicyclic amines) is 1. The predicted octanol–water partition coefficient (Wildman–Crippen LogP) is 3.29. The van der Waals surface area contributed by atoms with Gasteiger partial charge in [-0.05, 0) is 38.3 Å². The van der Waals surface area contributed by atoms with Crippen LogP contribution in [0.3, 0.4) is 0 Å². The first-order valence-electron chi connectivity index (χ1n) is 8.54. The molecule has 0 aliphatic carbocycles. The molecular formula is C20H24N2O2. The second-order valence-corrected chi connectivity index (χ2v) is 6.72. The van der Waals surface area contributed by atoms with Crippen molar-refractivity contribution in [3.8, 4) is 11.1 Å². The molecule has 2 atom stereocenters. The van der Waals surface area contributed by atoms with Crippen molar-refractivity contribution in [3.05, 3.63) is 53.9 Å². The number of hydrogen-bond donors (Lipinski definition) is 1. The second-order valence-electron chi connectivity index (χ2n) is 6.72. The van der Waals surface area contributed by atoms with Crippen LogP contribution in [0.5, 0.6) is 0 Å². The van der Waals surface area contributed by atoms with Crippen molar-refractivity contribution in [1.82, 2.24) is 9.88 Å². The van der Waals surface area contributed by atoms with E-state index in [9.17, 15) is 9.90 Å². The molecule has 126 valence electrons. The molecule has 2 aromatic rings. The number of carbonyl (C=O) groups excluding carboxylic acids is 1. The Labute approximate surface area is 143 Å². The molecule has 1 aliphatic heterocycles. The fourth-order valence-electron chi connectivity index (χ4n) is 3.23. The molecule has 24 heavy (non-hydrogen) atoms. The van der Waals surface area contributed by atoms with Gasteiger partial charge in [0.05, 0.1) is 11.7 Å². The van der Waals surface area contributed by atoms with Crippen molar-refractivity contribution in [1.29, 1.82) is 0 Å². The van der Waals surface area contributed by atoms with E-state index < -0.39 is 0 Å². The Hall–Kier alpha value is -2.20. The number of amides is 1. The summed E-state index contributed by atoms with van der Waals surface area (Å²) in [5.41, 5.74) is 3.82. The van der Waals surface area contributed by atoms with Crippen LogP contribution in [0.4, 0.5) is 0 Å². The van der Waals surface area contributed by atoms with Crippen LogP contribution in [0, 0.1) is 12.8 Å². The summed E-state index contributed by atoms with van der Waals surface area (Å²) in [7, 11) is 0. The normalized spacial score (nSPS) is 19.1. The lowest BCUT2D eigenvalue weighted by atomic mass is 9.93. The minimum Gasteiger partial charge on any atom is -0.393 e. The van der Waals surface area contributed by atoms with Gasteiger partial charge in [0.1, 0.15) is 0 Å². The summed E-state index contributed by atoms with van der Waals surface area (Å²) in [4.78, 5) is 18.9. The van der Waals surface area contributed by atoms with Crippen LogP contribution in [0.15, 0.2) is 42.7 Å². The second kappa shape index (κ2) is 7.14. The average molecular weight is 324 g/mol. The summed E-state index contributed by atoms with van der Waals surface area (Å²) in [6, 6.07) is 10.1. The summed E-state index contributed by atoms with van der Waals surface area (Å²) in [6.07, 6.45) is 4.95. The van der Waals surface area contributed by atoms with E-state index >= 15 is 0 Å². The number of carbonyl (C=O) groups is 1. The standard InChI is InChI=1S/C20H24N2O2/c1-14-5-7-16(8-6-14)18-10-19(12-21-11-18)20(24)22-9-3-4-17(13-22)15(2)23/h5-8,10-12,15,17,23H,3-4,9,13H2,1-2H3. The van der Waals surface area contributed by atoms with Gasteiger partial charge in [0.2, 0.25) is 0 Å². The van der Waals surface area contributed by atoms with Crippen molar-refractivity contribution in [3.63, 3.8) is 0 Å². The van der Waals surface area contributed by atoms with Crippen LogP contribution >= 0.6 is 0 Å². The summed E-state index contributed by atoms with van der Waals surface area (Å²) < 4.78 is 0. The van der Waals surface area contributed by atoms with Gasteiger partial charge < -0.3 is 10.0 Å². The highest BCUT2D eigenvalue weighted by molar-refractivity contribution is 5.95. The monoisotopic (exact) mass is 324 g/mol. The molecule has 1 aromatic carbocycles. The van der Waals surface area contributed by atoms with Gasteiger partial charge in [-0.1, -0.05) is 29.8 Å². The molecule has 1 amide bonds. The summed E-state index contributed by atoms with van der Waals surface area (Å²) in [5, 5.41) is 9.81. The third-order valence-electron chi connectivity index (χ3n) is 4.80. The van der Waals surface area contributed by atoms with E-state index in [4.69, 9.17) is 0 Å². The van der Waals surface area contributed by atoms with Gasteiger partial charge in [0.15, 0.2) is 0 Å². The SMILES string of the molecule is Cc1ccc(-c2cncc(C(=O)N3CCCC(C(C)O)C3)c2)cc1. The Morgan fingerprint density at radius 3 is 2.71 bits per heavy atom. The van der Waals surface area contributed by atoms with E-state index in [0.717, 1.165) is 30.5 Å². The zero-order chi connectivity index (χ0) is 17.1. The lowest BCUT2D eigenvalue weighted by Crippen LogP contribution is -2.43. The maximum atomic E-state index is 12.8. The van der Waals surface area contributed by atoms with Crippen LogP contribution in [0.2, 0.25) is 0 Å². The number of aliphatic hydroxyl groups is 1. The summed E-state index contributed by atoms with van der Waals surface area (Å²) >= 11 is 0. The first kappa shape index (κ1) is 16.7. The van der Waals surface area contributed by atoms with Crippen LogP contribution in [-0.2, 0) is 0 Å². The van der Waals surface area contributed by atoms with Gasteiger partial charge in [-0.25, -0.2) is 0 Å². The fourth-order valence-corrected chi connectivity index (χ4v) is 3.23. The molecule has 3 rings (SSSR count). The van der Waals surface area contributed by atoms with Gasteiger partial charge in [-0.15, -0.1) is 0 Å². The van der Waals surface area contributed by atoms with Crippen molar-refractivity contribution in [2.24, 2.45) is 5.92 Å². The molecule has 1 aromatic heterocycles. The minimum absolute atomic E-state index is 0.00168. The first-order chi connectivity index (χ1) is 11.5. The molecule has 1 N–H and O–H groups in total. The van der Waals surface area contributed by atoms with E-state index in [2.05, 4.69) is 24.0 Å². The van der Waals surface area contributed by atoms with Crippen LogP contribution in [0.25, 0.3) is 11.1 Å². The fraction of sp³-hybridized carbons (Fsp3) is 0.400. The number of hydrogen-bond acceptors (Lipinski definition) is 3.